The van der Waals surface area contributed by atoms with Crippen molar-refractivity contribution in [3.8, 4) is 0 Å². The molecule has 2 rings (SSSR count). The lowest BCUT2D eigenvalue weighted by Gasteiger charge is -2.18. The zero-order chi connectivity index (χ0) is 14.4. The minimum atomic E-state index is -4.40. The molecule has 0 aliphatic heterocycles. The van der Waals surface area contributed by atoms with Crippen LogP contribution in [0.1, 0.15) is 5.56 Å². The Hall–Kier alpha value is -1.98. The smallest absolute Gasteiger partial charge is 0.377 e. The number of hydrogen-bond acceptors (Lipinski definition) is 2. The fourth-order valence-corrected chi connectivity index (χ4v) is 1.99. The Morgan fingerprint density at radius 3 is 2.32 bits per heavy atom. The second kappa shape index (κ2) is 4.29. The van der Waals surface area contributed by atoms with Gasteiger partial charge in [0.15, 0.2) is 0 Å². The van der Waals surface area contributed by atoms with E-state index in [0.717, 1.165) is 12.1 Å². The van der Waals surface area contributed by atoms with Crippen LogP contribution in [0.15, 0.2) is 29.1 Å². The quantitative estimate of drug-likeness (QED) is 0.796. The highest BCUT2D eigenvalue weighted by atomic mass is 19.4. The molecule has 3 nitrogen and oxygen atoms in total. The maximum absolute atomic E-state index is 12.7. The second-order valence-electron chi connectivity index (χ2n) is 4.55. The fourth-order valence-electron chi connectivity index (χ4n) is 1.99. The first-order valence-electron chi connectivity index (χ1n) is 5.60. The molecule has 0 fully saturated rings. The molecule has 0 spiro atoms. The van der Waals surface area contributed by atoms with Crippen molar-refractivity contribution in [1.29, 1.82) is 0 Å². The van der Waals surface area contributed by atoms with E-state index in [1.54, 1.807) is 19.0 Å². The molecule has 0 atom stereocenters. The van der Waals surface area contributed by atoms with Gasteiger partial charge in [0, 0.05) is 32.6 Å². The van der Waals surface area contributed by atoms with Gasteiger partial charge in [-0.3, -0.25) is 4.79 Å². The van der Waals surface area contributed by atoms with E-state index < -0.39 is 11.7 Å². The third kappa shape index (κ3) is 2.30. The van der Waals surface area contributed by atoms with Gasteiger partial charge in [0.1, 0.15) is 0 Å². The maximum atomic E-state index is 12.7. The molecule has 1 aromatic carbocycles. The Balaban J connectivity index is 2.87. The van der Waals surface area contributed by atoms with Gasteiger partial charge in [-0.05, 0) is 18.2 Å². The number of fused-ring (bicyclic) bond motifs is 1. The number of alkyl halides is 3. The maximum Gasteiger partial charge on any atom is 0.416 e. The Morgan fingerprint density at radius 1 is 1.16 bits per heavy atom. The minimum absolute atomic E-state index is 0.254. The molecular formula is C13H13F3N2O. The number of nitrogens with zero attached hydrogens (tertiary/aromatic N) is 2. The van der Waals surface area contributed by atoms with Crippen molar-refractivity contribution in [2.24, 2.45) is 7.05 Å². The molecule has 0 saturated carbocycles. The molecule has 2 aromatic rings. The molecule has 1 heterocycles. The van der Waals surface area contributed by atoms with E-state index in [1.807, 2.05) is 0 Å². The Labute approximate surface area is 107 Å². The van der Waals surface area contributed by atoms with Crippen molar-refractivity contribution in [3.63, 3.8) is 0 Å². The zero-order valence-electron chi connectivity index (χ0n) is 10.7. The molecule has 0 bridgehead atoms. The van der Waals surface area contributed by atoms with Crippen LogP contribution in [-0.2, 0) is 13.2 Å². The van der Waals surface area contributed by atoms with Gasteiger partial charge >= 0.3 is 6.18 Å². The van der Waals surface area contributed by atoms with Crippen LogP contribution in [0.3, 0.4) is 0 Å². The molecule has 0 aliphatic rings. The number of anilines is 1. The van der Waals surface area contributed by atoms with Gasteiger partial charge in [-0.25, -0.2) is 0 Å². The number of aromatic nitrogens is 1. The summed E-state index contributed by atoms with van der Waals surface area (Å²) in [5, 5.41) is 0.405. The van der Waals surface area contributed by atoms with Crippen LogP contribution in [0, 0.1) is 0 Å². The van der Waals surface area contributed by atoms with Crippen molar-refractivity contribution < 1.29 is 13.2 Å². The van der Waals surface area contributed by atoms with Gasteiger partial charge in [0.25, 0.3) is 5.56 Å². The lowest BCUT2D eigenvalue weighted by atomic mass is 10.1. The van der Waals surface area contributed by atoms with E-state index in [1.165, 1.54) is 23.7 Å². The molecule has 102 valence electrons. The highest BCUT2D eigenvalue weighted by Crippen LogP contribution is 2.33. The summed E-state index contributed by atoms with van der Waals surface area (Å²) < 4.78 is 39.6. The van der Waals surface area contributed by atoms with Crippen LogP contribution in [0.5, 0.6) is 0 Å². The summed E-state index contributed by atoms with van der Waals surface area (Å²) in [6.45, 7) is 0. The normalized spacial score (nSPS) is 11.9. The first-order valence-corrected chi connectivity index (χ1v) is 5.60. The number of pyridine rings is 1. The highest BCUT2D eigenvalue weighted by Gasteiger charge is 2.30. The summed E-state index contributed by atoms with van der Waals surface area (Å²) in [6, 6.07) is 4.72. The largest absolute Gasteiger partial charge is 0.416 e. The summed E-state index contributed by atoms with van der Waals surface area (Å²) in [4.78, 5) is 13.4. The predicted molar refractivity (Wildman–Crippen MR) is 68.5 cm³/mol. The number of rotatable bonds is 1. The molecule has 0 N–H and O–H groups in total. The van der Waals surface area contributed by atoms with E-state index in [-0.39, 0.29) is 5.56 Å². The second-order valence-corrected chi connectivity index (χ2v) is 4.55. The first kappa shape index (κ1) is 13.5. The van der Waals surface area contributed by atoms with Crippen LogP contribution in [0.4, 0.5) is 18.9 Å². The number of benzene rings is 1. The molecule has 0 saturated heterocycles. The fraction of sp³-hybridized carbons (Fsp3) is 0.308. The molecule has 6 heteroatoms. The van der Waals surface area contributed by atoms with Crippen LogP contribution >= 0.6 is 0 Å². The highest BCUT2D eigenvalue weighted by molar-refractivity contribution is 5.92. The summed E-state index contributed by atoms with van der Waals surface area (Å²) in [5.41, 5.74) is -0.0221. The first-order chi connectivity index (χ1) is 8.71. The van der Waals surface area contributed by atoms with Crippen LogP contribution in [-0.4, -0.2) is 18.7 Å². The van der Waals surface area contributed by atoms with Gasteiger partial charge in [-0.15, -0.1) is 0 Å². The van der Waals surface area contributed by atoms with E-state index in [9.17, 15) is 18.0 Å². The lowest BCUT2D eigenvalue weighted by molar-refractivity contribution is -0.137. The average molecular weight is 270 g/mol. The molecule has 1 aromatic heterocycles. The Kier molecular flexibility index (Phi) is 3.04. The van der Waals surface area contributed by atoms with Crippen LogP contribution in [0.25, 0.3) is 10.9 Å². The van der Waals surface area contributed by atoms with E-state index in [2.05, 4.69) is 0 Å². The van der Waals surface area contributed by atoms with Crippen LogP contribution in [0.2, 0.25) is 0 Å². The molecule has 0 amide bonds. The minimum Gasteiger partial charge on any atom is -0.377 e. The number of aryl methyl sites for hydroxylation is 1. The molecule has 19 heavy (non-hydrogen) atoms. The van der Waals surface area contributed by atoms with Crippen molar-refractivity contribution in [1.82, 2.24) is 4.57 Å². The summed E-state index contributed by atoms with van der Waals surface area (Å²) in [7, 11) is 4.92. The van der Waals surface area contributed by atoms with Crippen molar-refractivity contribution in [2.45, 2.75) is 6.18 Å². The van der Waals surface area contributed by atoms with Gasteiger partial charge in [-0.2, -0.15) is 13.2 Å². The lowest BCUT2D eigenvalue weighted by Crippen LogP contribution is -2.20. The van der Waals surface area contributed by atoms with E-state index >= 15 is 0 Å². The number of hydrogen-bond donors (Lipinski definition) is 0. The van der Waals surface area contributed by atoms with Crippen molar-refractivity contribution >= 4 is 16.6 Å². The van der Waals surface area contributed by atoms with E-state index in [0.29, 0.717) is 16.6 Å². The summed E-state index contributed by atoms with van der Waals surface area (Å²) in [6.07, 6.45) is -4.40. The zero-order valence-corrected chi connectivity index (χ0v) is 10.7. The van der Waals surface area contributed by atoms with Gasteiger partial charge in [0.2, 0.25) is 0 Å². The summed E-state index contributed by atoms with van der Waals surface area (Å²) in [5.74, 6) is 0. The van der Waals surface area contributed by atoms with Gasteiger partial charge in [0.05, 0.1) is 16.8 Å². The standard InChI is InChI=1S/C13H13F3N2O/c1-17(2)11-7-12(19)18(3)10-5-4-8(6-9(10)11)13(14,15)16/h4-7H,1-3H3. The molecule has 0 radical (unpaired) electrons. The number of halogens is 3. The topological polar surface area (TPSA) is 25.2 Å². The van der Waals surface area contributed by atoms with E-state index in [4.69, 9.17) is 0 Å². The third-order valence-corrected chi connectivity index (χ3v) is 3.03. The van der Waals surface area contributed by atoms with Crippen LogP contribution < -0.4 is 10.5 Å². The molecule has 0 aliphatic carbocycles. The summed E-state index contributed by atoms with van der Waals surface area (Å²) >= 11 is 0. The third-order valence-electron chi connectivity index (χ3n) is 3.03. The predicted octanol–water partition coefficient (Wildman–Crippen LogP) is 2.62. The molecule has 0 unspecified atom stereocenters. The monoisotopic (exact) mass is 270 g/mol. The van der Waals surface area contributed by atoms with Crippen molar-refractivity contribution in [3.05, 3.63) is 40.2 Å². The average Bonchev–Trinajstić information content (AvgIpc) is 2.31. The Morgan fingerprint density at radius 2 is 1.79 bits per heavy atom. The van der Waals surface area contributed by atoms with Gasteiger partial charge < -0.3 is 9.47 Å². The SMILES string of the molecule is CN(C)c1cc(=O)n(C)c2ccc(C(F)(F)F)cc12. The van der Waals surface area contributed by atoms with Crippen molar-refractivity contribution in [2.75, 3.05) is 19.0 Å². The molecular weight excluding hydrogens is 257 g/mol. The Bertz CT molecular complexity index is 687. The van der Waals surface area contributed by atoms with Gasteiger partial charge in [-0.1, -0.05) is 0 Å².